The SMILES string of the molecule is COc1ccccc1NC(=O)CN1C(=O)[C@@H]2[C@@H]3C=C[C@@H]([C@@H]4C[C@H]34)[C@@H]2C1=O. The van der Waals surface area contributed by atoms with Crippen molar-refractivity contribution in [3.8, 4) is 5.75 Å². The highest BCUT2D eigenvalue weighted by Gasteiger charge is 2.67. The van der Waals surface area contributed by atoms with Crippen molar-refractivity contribution in [3.63, 3.8) is 0 Å². The smallest absolute Gasteiger partial charge is 0.244 e. The predicted octanol–water partition coefficient (Wildman–Crippen LogP) is 1.69. The molecule has 3 fully saturated rings. The normalized spacial score (nSPS) is 36.0. The molecule has 1 saturated heterocycles. The standard InChI is InChI=1S/C20H20N2O4/c1-26-15-5-3-2-4-14(15)21-16(23)9-22-19(24)17-10-6-7-11(13-8-12(10)13)18(17)20(22)25/h2-7,10-13,17-18H,8-9H2,1H3,(H,21,23)/t10-,11+,12-,13+,17-,18+. The number of hydrogen-bond acceptors (Lipinski definition) is 4. The minimum Gasteiger partial charge on any atom is -0.495 e. The van der Waals surface area contributed by atoms with Crippen molar-refractivity contribution in [2.45, 2.75) is 6.42 Å². The van der Waals surface area contributed by atoms with Gasteiger partial charge in [0.2, 0.25) is 17.7 Å². The lowest BCUT2D eigenvalue weighted by atomic mass is 9.63. The van der Waals surface area contributed by atoms with Crippen LogP contribution in [0.25, 0.3) is 0 Å². The number of methoxy groups -OCH3 is 1. The fourth-order valence-corrected chi connectivity index (χ4v) is 5.26. The minimum absolute atomic E-state index is 0.175. The predicted molar refractivity (Wildman–Crippen MR) is 93.0 cm³/mol. The van der Waals surface area contributed by atoms with Crippen molar-refractivity contribution in [1.29, 1.82) is 0 Å². The van der Waals surface area contributed by atoms with Crippen LogP contribution in [0.3, 0.4) is 0 Å². The molecule has 6 heteroatoms. The van der Waals surface area contributed by atoms with Gasteiger partial charge in [0.1, 0.15) is 12.3 Å². The molecule has 1 aliphatic heterocycles. The van der Waals surface area contributed by atoms with E-state index in [1.165, 1.54) is 7.11 Å². The van der Waals surface area contributed by atoms with Gasteiger partial charge in [-0.2, -0.15) is 0 Å². The molecule has 0 unspecified atom stereocenters. The summed E-state index contributed by atoms with van der Waals surface area (Å²) in [5.74, 6) is 0.731. The average molecular weight is 352 g/mol. The van der Waals surface area contributed by atoms with Gasteiger partial charge in [-0.25, -0.2) is 0 Å². The van der Waals surface area contributed by atoms with E-state index >= 15 is 0 Å². The number of amides is 3. The van der Waals surface area contributed by atoms with Gasteiger partial charge in [-0.15, -0.1) is 0 Å². The van der Waals surface area contributed by atoms with Gasteiger partial charge in [-0.1, -0.05) is 24.3 Å². The Balaban J connectivity index is 1.33. The second-order valence-electron chi connectivity index (χ2n) is 7.67. The van der Waals surface area contributed by atoms with E-state index in [0.717, 1.165) is 11.3 Å². The third kappa shape index (κ3) is 2.08. The average Bonchev–Trinajstić information content (AvgIpc) is 3.43. The quantitative estimate of drug-likeness (QED) is 0.661. The zero-order chi connectivity index (χ0) is 18.0. The molecule has 134 valence electrons. The van der Waals surface area contributed by atoms with Crippen LogP contribution in [-0.4, -0.2) is 36.3 Å². The highest BCUT2D eigenvalue weighted by atomic mass is 16.5. The lowest BCUT2D eigenvalue weighted by molar-refractivity contribution is -0.142. The van der Waals surface area contributed by atoms with Gasteiger partial charge in [-0.3, -0.25) is 19.3 Å². The van der Waals surface area contributed by atoms with Crippen molar-refractivity contribution in [2.75, 3.05) is 19.0 Å². The Morgan fingerprint density at radius 3 is 2.35 bits per heavy atom. The summed E-state index contributed by atoms with van der Waals surface area (Å²) in [4.78, 5) is 39.4. The van der Waals surface area contributed by atoms with E-state index in [4.69, 9.17) is 4.74 Å². The molecule has 0 spiro atoms. The number of carbonyl (C=O) groups is 3. The Morgan fingerprint density at radius 2 is 1.73 bits per heavy atom. The number of rotatable bonds is 4. The van der Waals surface area contributed by atoms with Crippen LogP contribution < -0.4 is 10.1 Å². The lowest BCUT2D eigenvalue weighted by Crippen LogP contribution is -2.40. The maximum absolute atomic E-state index is 12.9. The van der Waals surface area contributed by atoms with E-state index in [9.17, 15) is 14.4 Å². The van der Waals surface area contributed by atoms with Gasteiger partial charge in [-0.05, 0) is 42.2 Å². The summed E-state index contributed by atoms with van der Waals surface area (Å²) in [5.41, 5.74) is 0.527. The Morgan fingerprint density at radius 1 is 1.12 bits per heavy atom. The van der Waals surface area contributed by atoms with Crippen LogP contribution in [-0.2, 0) is 14.4 Å². The van der Waals surface area contributed by atoms with Crippen LogP contribution in [0, 0.1) is 35.5 Å². The fourth-order valence-electron chi connectivity index (χ4n) is 5.26. The fraction of sp³-hybridized carbons (Fsp3) is 0.450. The van der Waals surface area contributed by atoms with Crippen molar-refractivity contribution >= 4 is 23.4 Å². The first-order valence-corrected chi connectivity index (χ1v) is 9.06. The van der Waals surface area contributed by atoms with Crippen LogP contribution in [0.1, 0.15) is 6.42 Å². The topological polar surface area (TPSA) is 75.7 Å². The molecule has 6 rings (SSSR count). The van der Waals surface area contributed by atoms with Gasteiger partial charge >= 0.3 is 0 Å². The molecule has 5 aliphatic rings. The first-order valence-electron chi connectivity index (χ1n) is 9.06. The summed E-state index contributed by atoms with van der Waals surface area (Å²) in [6, 6.07) is 7.06. The minimum atomic E-state index is -0.389. The molecule has 0 radical (unpaired) electrons. The number of hydrogen-bond donors (Lipinski definition) is 1. The lowest BCUT2D eigenvalue weighted by Gasteiger charge is -2.37. The molecular formula is C20H20N2O4. The number of anilines is 1. The Hall–Kier alpha value is -2.63. The summed E-state index contributed by atoms with van der Waals surface area (Å²) < 4.78 is 5.22. The highest BCUT2D eigenvalue weighted by Crippen LogP contribution is 2.65. The maximum atomic E-state index is 12.9. The molecule has 3 amide bonds. The van der Waals surface area contributed by atoms with E-state index in [2.05, 4.69) is 17.5 Å². The van der Waals surface area contributed by atoms with Crippen LogP contribution in [0.4, 0.5) is 5.69 Å². The zero-order valence-electron chi connectivity index (χ0n) is 14.4. The number of ether oxygens (including phenoxy) is 1. The molecule has 1 N–H and O–H groups in total. The first kappa shape index (κ1) is 15.6. The van der Waals surface area contributed by atoms with Crippen LogP contribution >= 0.6 is 0 Å². The van der Waals surface area contributed by atoms with Crippen molar-refractivity contribution in [3.05, 3.63) is 36.4 Å². The van der Waals surface area contributed by atoms with Crippen LogP contribution in [0.15, 0.2) is 36.4 Å². The molecule has 26 heavy (non-hydrogen) atoms. The molecule has 4 aliphatic carbocycles. The van der Waals surface area contributed by atoms with Gasteiger partial charge in [0, 0.05) is 0 Å². The van der Waals surface area contributed by atoms with Gasteiger partial charge in [0.25, 0.3) is 0 Å². The van der Waals surface area contributed by atoms with Crippen molar-refractivity contribution in [2.24, 2.45) is 35.5 Å². The number of para-hydroxylation sites is 2. The summed E-state index contributed by atoms with van der Waals surface area (Å²) >= 11 is 0. The molecule has 2 saturated carbocycles. The number of benzene rings is 1. The molecule has 6 atom stereocenters. The Labute approximate surface area is 151 Å². The zero-order valence-corrected chi connectivity index (χ0v) is 14.4. The highest BCUT2D eigenvalue weighted by molar-refractivity contribution is 6.09. The van der Waals surface area contributed by atoms with Gasteiger partial charge < -0.3 is 10.1 Å². The summed E-state index contributed by atoms with van der Waals surface area (Å²) in [6.45, 7) is -0.239. The van der Waals surface area contributed by atoms with E-state index < -0.39 is 0 Å². The van der Waals surface area contributed by atoms with E-state index in [-0.39, 0.29) is 47.9 Å². The first-order chi connectivity index (χ1) is 12.6. The molecule has 0 aromatic heterocycles. The van der Waals surface area contributed by atoms with E-state index in [1.807, 2.05) is 0 Å². The number of imide groups is 1. The summed E-state index contributed by atoms with van der Waals surface area (Å²) in [5, 5.41) is 2.74. The summed E-state index contributed by atoms with van der Waals surface area (Å²) in [6.07, 6.45) is 5.39. The molecular weight excluding hydrogens is 332 g/mol. The number of allylic oxidation sites excluding steroid dienone is 2. The molecule has 1 aromatic rings. The second-order valence-corrected chi connectivity index (χ2v) is 7.67. The summed E-state index contributed by atoms with van der Waals surface area (Å²) in [7, 11) is 1.53. The number of nitrogens with zero attached hydrogens (tertiary/aromatic N) is 1. The Kier molecular flexibility index (Phi) is 3.26. The molecule has 6 nitrogen and oxygen atoms in total. The maximum Gasteiger partial charge on any atom is 0.244 e. The Bertz CT molecular complexity index is 812. The monoisotopic (exact) mass is 352 g/mol. The van der Waals surface area contributed by atoms with E-state index in [0.29, 0.717) is 23.3 Å². The van der Waals surface area contributed by atoms with Crippen LogP contribution in [0.2, 0.25) is 0 Å². The number of nitrogens with one attached hydrogen (secondary N) is 1. The van der Waals surface area contributed by atoms with Crippen LogP contribution in [0.5, 0.6) is 5.75 Å². The largest absolute Gasteiger partial charge is 0.495 e. The van der Waals surface area contributed by atoms with Gasteiger partial charge in [0.15, 0.2) is 0 Å². The van der Waals surface area contributed by atoms with Crippen molar-refractivity contribution in [1.82, 2.24) is 4.90 Å². The third-order valence-corrected chi connectivity index (χ3v) is 6.44. The third-order valence-electron chi connectivity index (χ3n) is 6.44. The second kappa shape index (κ2) is 5.43. The number of carbonyl (C=O) groups excluding carboxylic acids is 3. The molecule has 1 aromatic carbocycles. The molecule has 2 bridgehead atoms. The van der Waals surface area contributed by atoms with E-state index in [1.54, 1.807) is 24.3 Å². The van der Waals surface area contributed by atoms with Gasteiger partial charge in [0.05, 0.1) is 24.6 Å². The number of likely N-dealkylation sites (tertiary alicyclic amines) is 1. The van der Waals surface area contributed by atoms with Crippen molar-refractivity contribution < 1.29 is 19.1 Å². The molecule has 1 heterocycles.